The van der Waals surface area contributed by atoms with Crippen molar-refractivity contribution in [3.05, 3.63) is 104 Å². The number of carbonyl (C=O) groups is 2. The number of rotatable bonds is 5. The fourth-order valence-corrected chi connectivity index (χ4v) is 4.10. The van der Waals surface area contributed by atoms with Crippen LogP contribution in [0.4, 0.5) is 11.4 Å². The van der Waals surface area contributed by atoms with Gasteiger partial charge in [0.05, 0.1) is 10.5 Å². The second-order valence-electron chi connectivity index (χ2n) is 7.41. The summed E-state index contributed by atoms with van der Waals surface area (Å²) in [7, 11) is 0. The number of hydrogen-bond donors (Lipinski definition) is 0. The second kappa shape index (κ2) is 9.32. The Morgan fingerprint density at radius 3 is 2.06 bits per heavy atom. The van der Waals surface area contributed by atoms with Crippen LogP contribution >= 0.6 is 15.9 Å². The maximum atomic E-state index is 13.3. The fourth-order valence-electron chi connectivity index (χ4n) is 3.83. The monoisotopic (exact) mass is 493 g/mol. The van der Waals surface area contributed by atoms with E-state index in [4.69, 9.17) is 0 Å². The summed E-state index contributed by atoms with van der Waals surface area (Å²) >= 11 is 3.36. The summed E-state index contributed by atoms with van der Waals surface area (Å²) in [6.45, 7) is 1.76. The first kappa shape index (κ1) is 21.7. The lowest BCUT2D eigenvalue weighted by Crippen LogP contribution is -2.49. The van der Waals surface area contributed by atoms with E-state index in [1.165, 1.54) is 6.07 Å². The molecule has 8 heteroatoms. The molecule has 4 rings (SSSR count). The van der Waals surface area contributed by atoms with E-state index in [9.17, 15) is 19.7 Å². The summed E-state index contributed by atoms with van der Waals surface area (Å²) < 4.78 is 0.870. The lowest BCUT2D eigenvalue weighted by Gasteiger charge is -2.36. The number of ketones is 1. The van der Waals surface area contributed by atoms with Crippen molar-refractivity contribution in [1.82, 2.24) is 4.90 Å². The van der Waals surface area contributed by atoms with Gasteiger partial charge in [-0.3, -0.25) is 19.7 Å². The van der Waals surface area contributed by atoms with Crippen LogP contribution in [0.25, 0.3) is 0 Å². The molecule has 0 spiro atoms. The smallest absolute Gasteiger partial charge is 0.292 e. The van der Waals surface area contributed by atoms with Crippen LogP contribution < -0.4 is 4.90 Å². The molecule has 1 aliphatic rings. The third kappa shape index (κ3) is 4.40. The minimum atomic E-state index is -0.392. The van der Waals surface area contributed by atoms with Crippen LogP contribution in [0, 0.1) is 10.1 Å². The molecule has 3 aromatic rings. The maximum absolute atomic E-state index is 13.3. The first-order valence-corrected chi connectivity index (χ1v) is 10.9. The van der Waals surface area contributed by atoms with Gasteiger partial charge in [0.15, 0.2) is 5.78 Å². The standard InChI is InChI=1S/C24H20BrN3O4/c25-18-11-9-17(10-12-18)23(29)19-5-1-2-6-20(19)24(30)27-15-13-26(14-16-27)21-7-3-4-8-22(21)28(31)32/h1-12H,13-16H2. The summed E-state index contributed by atoms with van der Waals surface area (Å²) in [6, 6.07) is 20.5. The Morgan fingerprint density at radius 2 is 1.41 bits per heavy atom. The summed E-state index contributed by atoms with van der Waals surface area (Å²) in [5.41, 5.74) is 1.84. The van der Waals surface area contributed by atoms with Crippen molar-refractivity contribution in [2.24, 2.45) is 0 Å². The molecule has 1 fully saturated rings. The van der Waals surface area contributed by atoms with E-state index < -0.39 is 4.92 Å². The van der Waals surface area contributed by atoms with Gasteiger partial charge in [0.1, 0.15) is 5.69 Å². The van der Waals surface area contributed by atoms with Crippen molar-refractivity contribution < 1.29 is 14.5 Å². The number of para-hydroxylation sites is 2. The molecule has 0 aliphatic carbocycles. The number of amides is 1. The Morgan fingerprint density at radius 1 is 0.812 bits per heavy atom. The van der Waals surface area contributed by atoms with Gasteiger partial charge in [0, 0.05) is 47.8 Å². The number of carbonyl (C=O) groups excluding carboxylic acids is 2. The number of nitrogens with zero attached hydrogens (tertiary/aromatic N) is 3. The third-order valence-electron chi connectivity index (χ3n) is 5.49. The van der Waals surface area contributed by atoms with Crippen LogP contribution in [-0.2, 0) is 0 Å². The van der Waals surface area contributed by atoms with Crippen molar-refractivity contribution in [3.63, 3.8) is 0 Å². The molecule has 7 nitrogen and oxygen atoms in total. The van der Waals surface area contributed by atoms with Gasteiger partial charge in [-0.2, -0.15) is 0 Å². The van der Waals surface area contributed by atoms with Crippen molar-refractivity contribution in [2.45, 2.75) is 0 Å². The molecule has 0 atom stereocenters. The molecule has 1 amide bonds. The number of nitro groups is 1. The zero-order valence-corrected chi connectivity index (χ0v) is 18.7. The van der Waals surface area contributed by atoms with Crippen molar-refractivity contribution in [3.8, 4) is 0 Å². The molecular weight excluding hydrogens is 474 g/mol. The molecule has 0 bridgehead atoms. The highest BCUT2D eigenvalue weighted by Crippen LogP contribution is 2.28. The average Bonchev–Trinajstić information content (AvgIpc) is 2.83. The Bertz CT molecular complexity index is 1170. The molecule has 162 valence electrons. The molecule has 0 unspecified atom stereocenters. The summed E-state index contributed by atoms with van der Waals surface area (Å²) in [5, 5.41) is 11.3. The molecule has 3 aromatic carbocycles. The van der Waals surface area contributed by atoms with E-state index in [2.05, 4.69) is 15.9 Å². The third-order valence-corrected chi connectivity index (χ3v) is 6.02. The van der Waals surface area contributed by atoms with E-state index in [1.807, 2.05) is 4.90 Å². The van der Waals surface area contributed by atoms with Gasteiger partial charge in [-0.1, -0.05) is 46.3 Å². The Balaban J connectivity index is 1.52. The molecule has 1 saturated heterocycles. The Labute approximate surface area is 193 Å². The lowest BCUT2D eigenvalue weighted by atomic mass is 9.97. The van der Waals surface area contributed by atoms with Crippen LogP contribution in [0.5, 0.6) is 0 Å². The normalized spacial score (nSPS) is 13.7. The number of anilines is 1. The van der Waals surface area contributed by atoms with Gasteiger partial charge in [-0.15, -0.1) is 0 Å². The number of halogens is 1. The topological polar surface area (TPSA) is 83.8 Å². The second-order valence-corrected chi connectivity index (χ2v) is 8.32. The predicted molar refractivity (Wildman–Crippen MR) is 125 cm³/mol. The molecule has 0 aromatic heterocycles. The number of benzene rings is 3. The highest BCUT2D eigenvalue weighted by atomic mass is 79.9. The Hall–Kier alpha value is -3.52. The molecule has 1 heterocycles. The molecule has 1 aliphatic heterocycles. The van der Waals surface area contributed by atoms with Gasteiger partial charge in [0.2, 0.25) is 0 Å². The van der Waals surface area contributed by atoms with E-state index in [0.717, 1.165) is 4.47 Å². The largest absolute Gasteiger partial charge is 0.362 e. The minimum absolute atomic E-state index is 0.0534. The van der Waals surface area contributed by atoms with Gasteiger partial charge in [-0.25, -0.2) is 0 Å². The fraction of sp³-hybridized carbons (Fsp3) is 0.167. The van der Waals surface area contributed by atoms with E-state index in [1.54, 1.807) is 71.6 Å². The van der Waals surface area contributed by atoms with Gasteiger partial charge in [-0.05, 0) is 36.4 Å². The molecular formula is C24H20BrN3O4. The highest BCUT2D eigenvalue weighted by Gasteiger charge is 2.28. The molecule has 0 N–H and O–H groups in total. The zero-order valence-electron chi connectivity index (χ0n) is 17.1. The quantitative estimate of drug-likeness (QED) is 0.295. The van der Waals surface area contributed by atoms with Crippen LogP contribution in [0.2, 0.25) is 0 Å². The molecule has 0 saturated carbocycles. The summed E-state index contributed by atoms with van der Waals surface area (Å²) in [6.07, 6.45) is 0. The molecule has 0 radical (unpaired) electrons. The van der Waals surface area contributed by atoms with Crippen LogP contribution in [0.15, 0.2) is 77.3 Å². The lowest BCUT2D eigenvalue weighted by molar-refractivity contribution is -0.384. The number of nitro benzene ring substituents is 1. The molecule has 32 heavy (non-hydrogen) atoms. The van der Waals surface area contributed by atoms with E-state index >= 15 is 0 Å². The van der Waals surface area contributed by atoms with Gasteiger partial charge in [0.25, 0.3) is 11.6 Å². The highest BCUT2D eigenvalue weighted by molar-refractivity contribution is 9.10. The average molecular weight is 494 g/mol. The first-order chi connectivity index (χ1) is 15.5. The summed E-state index contributed by atoms with van der Waals surface area (Å²) in [4.78, 5) is 40.9. The Kier molecular flexibility index (Phi) is 6.32. The number of piperazine rings is 1. The van der Waals surface area contributed by atoms with Crippen molar-refractivity contribution >= 4 is 39.0 Å². The van der Waals surface area contributed by atoms with Gasteiger partial charge < -0.3 is 9.80 Å². The predicted octanol–water partition coefficient (Wildman–Crippen LogP) is 4.55. The van der Waals surface area contributed by atoms with E-state index in [0.29, 0.717) is 48.6 Å². The van der Waals surface area contributed by atoms with Gasteiger partial charge >= 0.3 is 0 Å². The van der Waals surface area contributed by atoms with Crippen LogP contribution in [0.1, 0.15) is 26.3 Å². The van der Waals surface area contributed by atoms with Crippen molar-refractivity contribution in [1.29, 1.82) is 0 Å². The maximum Gasteiger partial charge on any atom is 0.292 e. The number of hydrogen-bond acceptors (Lipinski definition) is 5. The van der Waals surface area contributed by atoms with Crippen LogP contribution in [-0.4, -0.2) is 47.7 Å². The zero-order chi connectivity index (χ0) is 22.7. The first-order valence-electron chi connectivity index (χ1n) is 10.1. The van der Waals surface area contributed by atoms with Crippen molar-refractivity contribution in [2.75, 3.05) is 31.1 Å². The van der Waals surface area contributed by atoms with Crippen LogP contribution in [0.3, 0.4) is 0 Å². The summed E-state index contributed by atoms with van der Waals surface area (Å²) in [5.74, 6) is -0.423. The van der Waals surface area contributed by atoms with E-state index in [-0.39, 0.29) is 17.4 Å². The SMILES string of the molecule is O=C(c1ccc(Br)cc1)c1ccccc1C(=O)N1CCN(c2ccccc2[N+](=O)[O-])CC1. The minimum Gasteiger partial charge on any atom is -0.362 e.